The molecule has 27 heavy (non-hydrogen) atoms. The summed E-state index contributed by atoms with van der Waals surface area (Å²) in [6.07, 6.45) is 7.46. The molecule has 7 heteroatoms. The van der Waals surface area contributed by atoms with E-state index in [9.17, 15) is 9.59 Å². The van der Waals surface area contributed by atoms with Crippen LogP contribution in [-0.4, -0.2) is 45.6 Å². The summed E-state index contributed by atoms with van der Waals surface area (Å²) in [7, 11) is 0. The fraction of sp³-hybridized carbons (Fsp3) is 0.450. The lowest BCUT2D eigenvalue weighted by molar-refractivity contribution is -0.131. The van der Waals surface area contributed by atoms with Crippen molar-refractivity contribution in [2.45, 2.75) is 38.5 Å². The van der Waals surface area contributed by atoms with Crippen molar-refractivity contribution in [1.82, 2.24) is 9.80 Å². The molecule has 2 saturated heterocycles. The van der Waals surface area contributed by atoms with Crippen LogP contribution in [0.25, 0.3) is 6.08 Å². The van der Waals surface area contributed by atoms with E-state index in [1.165, 1.54) is 24.6 Å². The topological polar surface area (TPSA) is 40.6 Å². The van der Waals surface area contributed by atoms with E-state index in [0.717, 1.165) is 31.5 Å². The highest BCUT2D eigenvalue weighted by molar-refractivity contribution is 8.26. The second-order valence-electron chi connectivity index (χ2n) is 6.75. The molecule has 0 saturated carbocycles. The van der Waals surface area contributed by atoms with Gasteiger partial charge in [0.1, 0.15) is 4.32 Å². The number of rotatable bonds is 5. The molecule has 4 nitrogen and oxygen atoms in total. The molecule has 0 spiro atoms. The lowest BCUT2D eigenvalue weighted by Crippen LogP contribution is -2.33. The Morgan fingerprint density at radius 3 is 2.59 bits per heavy atom. The van der Waals surface area contributed by atoms with E-state index in [4.69, 9.17) is 23.8 Å². The molecule has 0 aromatic heterocycles. The Kier molecular flexibility index (Phi) is 7.33. The van der Waals surface area contributed by atoms with Crippen molar-refractivity contribution in [3.63, 3.8) is 0 Å². The van der Waals surface area contributed by atoms with Gasteiger partial charge in [0, 0.05) is 31.1 Å². The number of carbonyl (C=O) groups excluding carboxylic acids is 2. The highest BCUT2D eigenvalue weighted by Crippen LogP contribution is 2.33. The third kappa shape index (κ3) is 5.33. The van der Waals surface area contributed by atoms with Crippen LogP contribution in [0.1, 0.15) is 44.1 Å². The van der Waals surface area contributed by atoms with E-state index in [0.29, 0.717) is 33.6 Å². The maximum absolute atomic E-state index is 12.7. The standard InChI is InChI=1S/C20H23ClN2O2S2/c21-16-9-4-3-8-15(16)14-17-19(25)23(20(26)27-17)13-7-10-18(24)22-11-5-1-2-6-12-22/h3-4,8-9,14H,1-2,5-7,10-13H2. The minimum atomic E-state index is -0.104. The summed E-state index contributed by atoms with van der Waals surface area (Å²) in [4.78, 5) is 29.2. The lowest BCUT2D eigenvalue weighted by Gasteiger charge is -2.21. The molecular weight excluding hydrogens is 400 g/mol. The molecule has 0 unspecified atom stereocenters. The van der Waals surface area contributed by atoms with E-state index in [-0.39, 0.29) is 11.8 Å². The molecule has 2 amide bonds. The van der Waals surface area contributed by atoms with Gasteiger partial charge in [-0.1, -0.05) is 66.6 Å². The monoisotopic (exact) mass is 422 g/mol. The first kappa shape index (κ1) is 20.4. The largest absolute Gasteiger partial charge is 0.343 e. The number of likely N-dealkylation sites (tertiary alicyclic amines) is 1. The van der Waals surface area contributed by atoms with Crippen molar-refractivity contribution in [3.8, 4) is 0 Å². The Balaban J connectivity index is 1.55. The van der Waals surface area contributed by atoms with Gasteiger partial charge in [-0.2, -0.15) is 0 Å². The number of halogens is 1. The van der Waals surface area contributed by atoms with Crippen LogP contribution < -0.4 is 0 Å². The van der Waals surface area contributed by atoms with Crippen LogP contribution in [0, 0.1) is 0 Å². The van der Waals surface area contributed by atoms with Crippen molar-refractivity contribution in [3.05, 3.63) is 39.8 Å². The maximum atomic E-state index is 12.7. The van der Waals surface area contributed by atoms with Crippen molar-refractivity contribution in [2.24, 2.45) is 0 Å². The molecule has 2 aliphatic heterocycles. The molecule has 2 aliphatic rings. The van der Waals surface area contributed by atoms with Crippen LogP contribution in [0.5, 0.6) is 0 Å². The van der Waals surface area contributed by atoms with Crippen LogP contribution in [0.4, 0.5) is 0 Å². The van der Waals surface area contributed by atoms with Gasteiger partial charge in [-0.05, 0) is 37.0 Å². The molecule has 3 rings (SSSR count). The van der Waals surface area contributed by atoms with E-state index in [1.54, 1.807) is 17.0 Å². The maximum Gasteiger partial charge on any atom is 0.266 e. The van der Waals surface area contributed by atoms with E-state index in [1.807, 2.05) is 23.1 Å². The molecular formula is C20H23ClN2O2S2. The number of thiocarbonyl (C=S) groups is 1. The molecule has 2 fully saturated rings. The Morgan fingerprint density at radius 2 is 1.89 bits per heavy atom. The fourth-order valence-corrected chi connectivity index (χ4v) is 4.78. The summed E-state index contributed by atoms with van der Waals surface area (Å²) in [5.74, 6) is 0.0843. The minimum Gasteiger partial charge on any atom is -0.343 e. The van der Waals surface area contributed by atoms with Gasteiger partial charge in [0.25, 0.3) is 5.91 Å². The Labute approximate surface area is 174 Å². The third-order valence-corrected chi connectivity index (χ3v) is 6.52. The molecule has 1 aromatic carbocycles. The van der Waals surface area contributed by atoms with Crippen LogP contribution in [0.3, 0.4) is 0 Å². The summed E-state index contributed by atoms with van der Waals surface area (Å²) >= 11 is 12.8. The fourth-order valence-electron chi connectivity index (χ4n) is 3.29. The number of carbonyl (C=O) groups is 2. The van der Waals surface area contributed by atoms with Gasteiger partial charge in [0.15, 0.2) is 0 Å². The van der Waals surface area contributed by atoms with Crippen molar-refractivity contribution in [1.29, 1.82) is 0 Å². The van der Waals surface area contributed by atoms with E-state index < -0.39 is 0 Å². The molecule has 0 N–H and O–H groups in total. The predicted molar refractivity (Wildman–Crippen MR) is 116 cm³/mol. The number of nitrogens with zero attached hydrogens (tertiary/aromatic N) is 2. The first-order valence-electron chi connectivity index (χ1n) is 9.34. The van der Waals surface area contributed by atoms with Gasteiger partial charge in [-0.25, -0.2) is 0 Å². The molecule has 0 bridgehead atoms. The van der Waals surface area contributed by atoms with Gasteiger partial charge in [-0.3, -0.25) is 14.5 Å². The Morgan fingerprint density at radius 1 is 1.19 bits per heavy atom. The number of hydrogen-bond donors (Lipinski definition) is 0. The first-order valence-corrected chi connectivity index (χ1v) is 10.9. The zero-order valence-electron chi connectivity index (χ0n) is 15.2. The molecule has 144 valence electrons. The number of hydrogen-bond acceptors (Lipinski definition) is 4. The number of thioether (sulfide) groups is 1. The first-order chi connectivity index (χ1) is 13.1. The Hall–Kier alpha value is -1.37. The van der Waals surface area contributed by atoms with Crippen molar-refractivity contribution >= 4 is 57.8 Å². The molecule has 2 heterocycles. The second kappa shape index (κ2) is 9.71. The summed E-state index contributed by atoms with van der Waals surface area (Å²) in [5.41, 5.74) is 0.802. The van der Waals surface area contributed by atoms with Gasteiger partial charge in [0.05, 0.1) is 4.91 Å². The quantitative estimate of drug-likeness (QED) is 0.508. The third-order valence-electron chi connectivity index (χ3n) is 4.80. The highest BCUT2D eigenvalue weighted by Gasteiger charge is 2.31. The van der Waals surface area contributed by atoms with Gasteiger partial charge >= 0.3 is 0 Å². The lowest BCUT2D eigenvalue weighted by atomic mass is 10.2. The Bertz CT molecular complexity index is 758. The van der Waals surface area contributed by atoms with Crippen molar-refractivity contribution < 1.29 is 9.59 Å². The predicted octanol–water partition coefficient (Wildman–Crippen LogP) is 4.72. The van der Waals surface area contributed by atoms with Crippen LogP contribution >= 0.6 is 35.6 Å². The zero-order chi connectivity index (χ0) is 19.2. The van der Waals surface area contributed by atoms with Crippen molar-refractivity contribution in [2.75, 3.05) is 19.6 Å². The average Bonchev–Trinajstić information content (AvgIpc) is 2.86. The normalized spacial score (nSPS) is 19.7. The van der Waals surface area contributed by atoms with Gasteiger partial charge in [-0.15, -0.1) is 0 Å². The number of amides is 2. The van der Waals surface area contributed by atoms with Crippen LogP contribution in [-0.2, 0) is 9.59 Å². The number of benzene rings is 1. The molecule has 0 atom stereocenters. The van der Waals surface area contributed by atoms with Gasteiger partial charge in [0.2, 0.25) is 5.91 Å². The van der Waals surface area contributed by atoms with Gasteiger partial charge < -0.3 is 4.90 Å². The van der Waals surface area contributed by atoms with Crippen LogP contribution in [0.2, 0.25) is 5.02 Å². The van der Waals surface area contributed by atoms with E-state index >= 15 is 0 Å². The zero-order valence-corrected chi connectivity index (χ0v) is 17.5. The molecule has 0 aliphatic carbocycles. The van der Waals surface area contributed by atoms with E-state index in [2.05, 4.69) is 0 Å². The highest BCUT2D eigenvalue weighted by atomic mass is 35.5. The van der Waals surface area contributed by atoms with Crippen LogP contribution in [0.15, 0.2) is 29.2 Å². The summed E-state index contributed by atoms with van der Waals surface area (Å²) in [6.45, 7) is 2.20. The molecule has 1 aromatic rings. The molecule has 0 radical (unpaired) electrons. The second-order valence-corrected chi connectivity index (χ2v) is 8.84. The average molecular weight is 423 g/mol. The summed E-state index contributed by atoms with van der Waals surface area (Å²) in [5, 5.41) is 0.603. The summed E-state index contributed by atoms with van der Waals surface area (Å²) in [6, 6.07) is 7.40. The SMILES string of the molecule is O=C(CCCN1C(=O)C(=Cc2ccccc2Cl)SC1=S)N1CCCCCC1. The summed E-state index contributed by atoms with van der Waals surface area (Å²) < 4.78 is 0.542. The minimum absolute atomic E-state index is 0.104. The smallest absolute Gasteiger partial charge is 0.266 e.